The maximum atomic E-state index is 12.8. The van der Waals surface area contributed by atoms with Crippen LogP contribution in [0.3, 0.4) is 0 Å². The molecule has 0 aliphatic rings. The molecule has 0 saturated heterocycles. The molecule has 0 spiro atoms. The summed E-state index contributed by atoms with van der Waals surface area (Å²) < 4.78 is 34.3. The van der Waals surface area contributed by atoms with Crippen LogP contribution in [0, 0.1) is 0 Å². The fourth-order valence-electron chi connectivity index (χ4n) is 9.33. The van der Waals surface area contributed by atoms with E-state index in [0.29, 0.717) is 17.4 Å². The van der Waals surface area contributed by atoms with Gasteiger partial charge in [-0.1, -0.05) is 293 Å². The summed E-state index contributed by atoms with van der Waals surface area (Å²) in [6.07, 6.45) is 75.7. The molecule has 0 N–H and O–H groups in total. The first kappa shape index (κ1) is 74.7. The monoisotopic (exact) mass is 1100 g/mol. The van der Waals surface area contributed by atoms with Crippen molar-refractivity contribution in [2.45, 2.75) is 309 Å². The lowest BCUT2D eigenvalue weighted by atomic mass is 10.0. The second kappa shape index (κ2) is 58.4. The van der Waals surface area contributed by atoms with E-state index in [9.17, 15) is 19.0 Å². The standard InChI is InChI=1S/C67H124NO8P/c1-6-8-10-12-14-16-18-20-22-24-26-28-29-30-31-32-33-34-35-36-37-38-39-40-42-44-46-48-50-52-54-56-58-60-67(70)76-65(64-75-77(71,72)74-62-61-68(3,4)5)63-73-66(69)59-57-55-53-51-49-47-45-43-41-27-25-23-21-19-17-15-13-11-9-7-2/h8,10,14,16,20,22,26,28,30-31,65H,6-7,9,11-13,15,17-19,21,23-25,27,29,32-64H2,1-5H3/b10-8-,16-14-,22-20-,28-26-,31-30-. The van der Waals surface area contributed by atoms with Gasteiger partial charge in [-0.15, -0.1) is 0 Å². The molecule has 0 amide bonds. The molecule has 0 aromatic carbocycles. The van der Waals surface area contributed by atoms with Gasteiger partial charge >= 0.3 is 11.9 Å². The van der Waals surface area contributed by atoms with Gasteiger partial charge < -0.3 is 27.9 Å². The molecule has 0 aromatic rings. The molecular formula is C67H124NO8P. The van der Waals surface area contributed by atoms with E-state index in [4.69, 9.17) is 18.5 Å². The largest absolute Gasteiger partial charge is 0.756 e. The molecule has 9 nitrogen and oxygen atoms in total. The summed E-state index contributed by atoms with van der Waals surface area (Å²) >= 11 is 0. The third kappa shape index (κ3) is 62.8. The number of ether oxygens (including phenoxy) is 2. The van der Waals surface area contributed by atoms with Crippen LogP contribution in [0.4, 0.5) is 0 Å². The number of unbranched alkanes of at least 4 members (excludes halogenated alkanes) is 36. The Morgan fingerprint density at radius 1 is 0.416 bits per heavy atom. The molecule has 0 rings (SSSR count). The van der Waals surface area contributed by atoms with E-state index in [-0.39, 0.29) is 32.0 Å². The topological polar surface area (TPSA) is 111 Å². The van der Waals surface area contributed by atoms with E-state index >= 15 is 0 Å². The Kier molecular flexibility index (Phi) is 56.6. The number of quaternary nitrogens is 1. The zero-order valence-electron chi connectivity index (χ0n) is 51.2. The maximum absolute atomic E-state index is 12.8. The summed E-state index contributed by atoms with van der Waals surface area (Å²) in [5.74, 6) is -0.817. The number of phosphoric acid groups is 1. The molecule has 77 heavy (non-hydrogen) atoms. The predicted octanol–water partition coefficient (Wildman–Crippen LogP) is 20.0. The lowest BCUT2D eigenvalue weighted by Crippen LogP contribution is -2.37. The molecule has 0 heterocycles. The van der Waals surface area contributed by atoms with Crippen LogP contribution in [0.25, 0.3) is 0 Å². The lowest BCUT2D eigenvalue weighted by molar-refractivity contribution is -0.870. The van der Waals surface area contributed by atoms with Crippen molar-refractivity contribution < 1.29 is 42.1 Å². The molecule has 450 valence electrons. The molecule has 0 saturated carbocycles. The summed E-state index contributed by atoms with van der Waals surface area (Å²) in [6, 6.07) is 0. The third-order valence-corrected chi connectivity index (χ3v) is 15.3. The quantitative estimate of drug-likeness (QED) is 0.0195. The van der Waals surface area contributed by atoms with Crippen molar-refractivity contribution in [3.8, 4) is 0 Å². The molecule has 0 aromatic heterocycles. The molecule has 0 aliphatic heterocycles. The van der Waals surface area contributed by atoms with Gasteiger partial charge in [0.2, 0.25) is 0 Å². The Morgan fingerprint density at radius 2 is 0.740 bits per heavy atom. The highest BCUT2D eigenvalue weighted by Crippen LogP contribution is 2.38. The van der Waals surface area contributed by atoms with Gasteiger partial charge in [0.1, 0.15) is 19.8 Å². The Morgan fingerprint density at radius 3 is 1.10 bits per heavy atom. The van der Waals surface area contributed by atoms with Gasteiger partial charge in [0, 0.05) is 12.8 Å². The van der Waals surface area contributed by atoms with Gasteiger partial charge in [0.05, 0.1) is 27.7 Å². The number of likely N-dealkylation sites (N-methyl/N-ethyl adjacent to an activating group) is 1. The summed E-state index contributed by atoms with van der Waals surface area (Å²) in [5.41, 5.74) is 0. The van der Waals surface area contributed by atoms with Crippen LogP contribution >= 0.6 is 7.82 Å². The number of hydrogen-bond acceptors (Lipinski definition) is 8. The molecular weight excluding hydrogens is 978 g/mol. The number of hydrogen-bond donors (Lipinski definition) is 0. The minimum atomic E-state index is -4.64. The lowest BCUT2D eigenvalue weighted by Gasteiger charge is -2.28. The minimum absolute atomic E-state index is 0.0293. The van der Waals surface area contributed by atoms with Crippen molar-refractivity contribution in [3.63, 3.8) is 0 Å². The molecule has 2 atom stereocenters. The summed E-state index contributed by atoms with van der Waals surface area (Å²) in [6.45, 7) is 4.18. The maximum Gasteiger partial charge on any atom is 0.306 e. The Hall–Kier alpha value is -2.29. The predicted molar refractivity (Wildman–Crippen MR) is 328 cm³/mol. The molecule has 2 unspecified atom stereocenters. The third-order valence-electron chi connectivity index (χ3n) is 14.3. The zero-order valence-corrected chi connectivity index (χ0v) is 52.1. The van der Waals surface area contributed by atoms with Gasteiger partial charge in [-0.2, -0.15) is 0 Å². The van der Waals surface area contributed by atoms with Crippen LogP contribution in [-0.2, 0) is 32.7 Å². The second-order valence-corrected chi connectivity index (χ2v) is 24.5. The second-order valence-electron chi connectivity index (χ2n) is 23.1. The number of rotatable bonds is 60. The van der Waals surface area contributed by atoms with Gasteiger partial charge in [-0.05, 0) is 57.8 Å². The summed E-state index contributed by atoms with van der Waals surface area (Å²) in [5, 5.41) is 0. The van der Waals surface area contributed by atoms with E-state index in [2.05, 4.69) is 74.6 Å². The molecule has 0 bridgehead atoms. The van der Waals surface area contributed by atoms with Crippen LogP contribution in [0.15, 0.2) is 60.8 Å². The van der Waals surface area contributed by atoms with Gasteiger partial charge in [0.25, 0.3) is 7.82 Å². The number of carbonyl (C=O) groups is 2. The van der Waals surface area contributed by atoms with Gasteiger partial charge in [-0.25, -0.2) is 0 Å². The molecule has 0 aliphatic carbocycles. The number of nitrogens with zero attached hydrogens (tertiary/aromatic N) is 1. The van der Waals surface area contributed by atoms with Crippen LogP contribution in [-0.4, -0.2) is 70.0 Å². The highest BCUT2D eigenvalue weighted by molar-refractivity contribution is 7.45. The Balaban J connectivity index is 4.03. The number of esters is 2. The smallest absolute Gasteiger partial charge is 0.306 e. The average molecular weight is 1100 g/mol. The van der Waals surface area contributed by atoms with Crippen molar-refractivity contribution >= 4 is 19.8 Å². The van der Waals surface area contributed by atoms with Crippen LogP contribution in [0.2, 0.25) is 0 Å². The van der Waals surface area contributed by atoms with Crippen molar-refractivity contribution in [2.24, 2.45) is 0 Å². The summed E-state index contributed by atoms with van der Waals surface area (Å²) in [4.78, 5) is 38.0. The summed E-state index contributed by atoms with van der Waals surface area (Å²) in [7, 11) is 1.18. The van der Waals surface area contributed by atoms with Crippen LogP contribution < -0.4 is 4.89 Å². The zero-order chi connectivity index (χ0) is 56.3. The van der Waals surface area contributed by atoms with Crippen molar-refractivity contribution in [1.29, 1.82) is 0 Å². The van der Waals surface area contributed by atoms with E-state index in [1.54, 1.807) is 0 Å². The Labute approximate surface area is 476 Å². The molecule has 0 radical (unpaired) electrons. The Bertz CT molecular complexity index is 1480. The fourth-order valence-corrected chi connectivity index (χ4v) is 10.1. The highest BCUT2D eigenvalue weighted by Gasteiger charge is 2.22. The van der Waals surface area contributed by atoms with E-state index in [1.807, 2.05) is 21.1 Å². The van der Waals surface area contributed by atoms with Gasteiger partial charge in [-0.3, -0.25) is 14.2 Å². The van der Waals surface area contributed by atoms with E-state index in [1.165, 1.54) is 199 Å². The van der Waals surface area contributed by atoms with E-state index < -0.39 is 26.5 Å². The normalized spacial score (nSPS) is 13.6. The first-order chi connectivity index (χ1) is 37.5. The van der Waals surface area contributed by atoms with Crippen molar-refractivity contribution in [1.82, 2.24) is 0 Å². The first-order valence-electron chi connectivity index (χ1n) is 32.5. The number of carbonyl (C=O) groups excluding carboxylic acids is 2. The van der Waals surface area contributed by atoms with Gasteiger partial charge in [0.15, 0.2) is 6.10 Å². The molecule has 0 fully saturated rings. The fraction of sp³-hybridized carbons (Fsp3) is 0.821. The van der Waals surface area contributed by atoms with Crippen LogP contribution in [0.1, 0.15) is 303 Å². The number of phosphoric ester groups is 1. The number of allylic oxidation sites excluding steroid dienone is 10. The first-order valence-corrected chi connectivity index (χ1v) is 34.0. The van der Waals surface area contributed by atoms with Crippen LogP contribution in [0.5, 0.6) is 0 Å². The van der Waals surface area contributed by atoms with Crippen molar-refractivity contribution in [3.05, 3.63) is 60.8 Å². The average Bonchev–Trinajstić information content (AvgIpc) is 3.39. The van der Waals surface area contributed by atoms with E-state index in [0.717, 1.165) is 70.6 Å². The molecule has 10 heteroatoms. The highest BCUT2D eigenvalue weighted by atomic mass is 31.2. The van der Waals surface area contributed by atoms with Crippen molar-refractivity contribution in [2.75, 3.05) is 47.5 Å². The SMILES string of the molecule is CC/C=C\C/C=C\C/C=C\C/C=C\C/C=C\CCCCCCCCCCCCCCCCCCCC(=O)OC(COC(=O)CCCCCCCCCCCCCCCCCCCCCC)COP(=O)([O-])OCC[N+](C)(C)C. The minimum Gasteiger partial charge on any atom is -0.756 e.